The van der Waals surface area contributed by atoms with Crippen molar-refractivity contribution in [2.24, 2.45) is 5.16 Å². The van der Waals surface area contributed by atoms with Gasteiger partial charge in [-0.3, -0.25) is 4.79 Å². The Hall–Kier alpha value is -3.14. The Morgan fingerprint density at radius 3 is 2.13 bits per heavy atom. The molecule has 3 aromatic carbocycles. The van der Waals surface area contributed by atoms with Crippen LogP contribution in [0.3, 0.4) is 0 Å². The molecule has 11 heteroatoms. The first-order chi connectivity index (χ1) is 18.1. The number of carbonyl (C=O) groups excluding carboxylic acids is 1. The monoisotopic (exact) mass is 568 g/mol. The third-order valence-corrected chi connectivity index (χ3v) is 6.66. The summed E-state index contributed by atoms with van der Waals surface area (Å²) >= 11 is 11.8. The van der Waals surface area contributed by atoms with Crippen LogP contribution >= 0.6 is 23.2 Å². The van der Waals surface area contributed by atoms with Crippen molar-refractivity contribution in [2.45, 2.75) is 30.5 Å². The third-order valence-electron chi connectivity index (χ3n) is 6.22. The molecule has 0 spiro atoms. The van der Waals surface area contributed by atoms with Crippen molar-refractivity contribution in [2.75, 3.05) is 13.1 Å². The predicted octanol–water partition coefficient (Wildman–Crippen LogP) is 6.70. The summed E-state index contributed by atoms with van der Waals surface area (Å²) in [5.41, 5.74) is -2.34. The van der Waals surface area contributed by atoms with Gasteiger partial charge in [-0.1, -0.05) is 83.0 Å². The molecule has 3 aromatic rings. The summed E-state index contributed by atoms with van der Waals surface area (Å²) in [6.07, 6.45) is -5.30. The van der Waals surface area contributed by atoms with Crippen molar-refractivity contribution in [1.82, 2.24) is 5.32 Å². The normalized spacial score (nSPS) is 19.8. The highest BCUT2D eigenvalue weighted by Gasteiger charge is 2.62. The highest BCUT2D eigenvalue weighted by molar-refractivity contribution is 6.34. The fourth-order valence-electron chi connectivity index (χ4n) is 4.06. The van der Waals surface area contributed by atoms with E-state index < -0.39 is 23.9 Å². The Morgan fingerprint density at radius 1 is 0.974 bits per heavy atom. The summed E-state index contributed by atoms with van der Waals surface area (Å²) in [4.78, 5) is 14.7. The SMILES string of the molecule is FC1(c2ccc(C3=NO[C@](c4cc(Cl)cc(Cl)c4)(C(F)(F)F)C3)cc2)CNC1.O=COCc1ccccc1. The second-order valence-electron chi connectivity index (χ2n) is 8.83. The molecule has 2 heterocycles. The number of alkyl halides is 4. The second-order valence-corrected chi connectivity index (χ2v) is 9.70. The van der Waals surface area contributed by atoms with Gasteiger partial charge in [0.05, 0.1) is 5.71 Å². The summed E-state index contributed by atoms with van der Waals surface area (Å²) in [5.74, 6) is 0. The quantitative estimate of drug-likeness (QED) is 0.265. The molecule has 200 valence electrons. The molecule has 5 nitrogen and oxygen atoms in total. The Morgan fingerprint density at radius 2 is 1.61 bits per heavy atom. The van der Waals surface area contributed by atoms with Crippen LogP contribution in [0, 0.1) is 0 Å². The van der Waals surface area contributed by atoms with Crippen LogP contribution in [0.4, 0.5) is 17.6 Å². The van der Waals surface area contributed by atoms with Crippen molar-refractivity contribution < 1.29 is 31.9 Å². The molecule has 1 fully saturated rings. The number of halogens is 6. The fraction of sp³-hybridized carbons (Fsp3) is 0.259. The molecule has 0 radical (unpaired) electrons. The number of nitrogens with zero attached hydrogens (tertiary/aromatic N) is 1. The first-order valence-electron chi connectivity index (χ1n) is 11.4. The van der Waals surface area contributed by atoms with Crippen LogP contribution < -0.4 is 5.32 Å². The van der Waals surface area contributed by atoms with E-state index in [1.165, 1.54) is 18.2 Å². The lowest BCUT2D eigenvalue weighted by molar-refractivity contribution is -0.275. The van der Waals surface area contributed by atoms with Crippen LogP contribution in [0.5, 0.6) is 0 Å². The maximum absolute atomic E-state index is 14.4. The average molecular weight is 569 g/mol. The zero-order chi connectivity index (χ0) is 27.4. The van der Waals surface area contributed by atoms with Gasteiger partial charge in [-0.25, -0.2) is 4.39 Å². The minimum atomic E-state index is -4.76. The van der Waals surface area contributed by atoms with Gasteiger partial charge >= 0.3 is 6.18 Å². The lowest BCUT2D eigenvalue weighted by atomic mass is 9.85. The minimum absolute atomic E-state index is 0.0647. The van der Waals surface area contributed by atoms with Crippen LogP contribution in [-0.2, 0) is 32.2 Å². The van der Waals surface area contributed by atoms with Crippen molar-refractivity contribution in [1.29, 1.82) is 0 Å². The number of nitrogens with one attached hydrogen (secondary N) is 1. The number of rotatable bonds is 6. The largest absolute Gasteiger partial charge is 0.463 e. The van der Waals surface area contributed by atoms with Crippen molar-refractivity contribution in [3.63, 3.8) is 0 Å². The minimum Gasteiger partial charge on any atom is -0.463 e. The molecule has 0 amide bonds. The maximum atomic E-state index is 14.4. The van der Waals surface area contributed by atoms with Gasteiger partial charge in [-0.05, 0) is 34.9 Å². The van der Waals surface area contributed by atoms with Gasteiger partial charge in [0.25, 0.3) is 12.1 Å². The van der Waals surface area contributed by atoms with Gasteiger partial charge in [-0.15, -0.1) is 0 Å². The van der Waals surface area contributed by atoms with Crippen LogP contribution in [0.25, 0.3) is 0 Å². The number of oxime groups is 1. The molecule has 2 aliphatic heterocycles. The molecule has 0 aliphatic carbocycles. The number of carbonyl (C=O) groups is 1. The van der Waals surface area contributed by atoms with E-state index in [0.29, 0.717) is 24.2 Å². The smallest absolute Gasteiger partial charge is 0.435 e. The van der Waals surface area contributed by atoms with Crippen LogP contribution in [0.15, 0.2) is 78.0 Å². The lowest BCUT2D eigenvalue weighted by Crippen LogP contribution is -2.53. The molecule has 0 bridgehead atoms. The number of hydrogen-bond acceptors (Lipinski definition) is 5. The molecule has 0 aromatic heterocycles. The van der Waals surface area contributed by atoms with E-state index >= 15 is 0 Å². The van der Waals surface area contributed by atoms with Gasteiger partial charge in [-0.2, -0.15) is 13.2 Å². The van der Waals surface area contributed by atoms with E-state index in [1.807, 2.05) is 30.3 Å². The van der Waals surface area contributed by atoms with Crippen LogP contribution in [0.2, 0.25) is 10.0 Å². The molecule has 0 unspecified atom stereocenters. The highest BCUT2D eigenvalue weighted by atomic mass is 35.5. The van der Waals surface area contributed by atoms with E-state index in [9.17, 15) is 22.4 Å². The van der Waals surface area contributed by atoms with Crippen LogP contribution in [-0.4, -0.2) is 31.4 Å². The van der Waals surface area contributed by atoms with Gasteiger partial charge in [0.2, 0.25) is 0 Å². The van der Waals surface area contributed by atoms with Gasteiger partial charge in [0, 0.05) is 35.1 Å². The van der Waals surface area contributed by atoms with E-state index in [0.717, 1.165) is 5.56 Å². The van der Waals surface area contributed by atoms with Crippen LogP contribution in [0.1, 0.15) is 28.7 Å². The summed E-state index contributed by atoms with van der Waals surface area (Å²) < 4.78 is 60.9. The molecular formula is C27H22Cl2F4N2O3. The second kappa shape index (κ2) is 11.3. The molecule has 5 rings (SSSR count). The summed E-state index contributed by atoms with van der Waals surface area (Å²) in [6, 6.07) is 19.4. The molecule has 1 N–H and O–H groups in total. The first kappa shape index (κ1) is 27.9. The Balaban J connectivity index is 0.000000283. The summed E-state index contributed by atoms with van der Waals surface area (Å²) in [5, 5.41) is 6.68. The first-order valence-corrected chi connectivity index (χ1v) is 12.2. The Kier molecular flexibility index (Phi) is 8.30. The van der Waals surface area contributed by atoms with E-state index in [4.69, 9.17) is 28.0 Å². The van der Waals surface area contributed by atoms with E-state index in [2.05, 4.69) is 15.2 Å². The van der Waals surface area contributed by atoms with Gasteiger partial charge in [0.15, 0.2) is 5.67 Å². The molecule has 1 atom stereocenters. The zero-order valence-electron chi connectivity index (χ0n) is 19.8. The third kappa shape index (κ3) is 5.95. The standard InChI is InChI=1S/C19H14Cl2F4N2O.C8H8O2/c20-14-5-13(6-15(21)7-14)18(19(23,24)25)8-16(27-28-18)11-1-3-12(4-2-11)17(22)9-26-10-17;9-7-10-6-8-4-2-1-3-5-8/h1-7,26H,8-10H2;1-5,7H,6H2/t18-;/m1./s1. The number of hydrogen-bond donors (Lipinski definition) is 1. The van der Waals surface area contributed by atoms with Crippen molar-refractivity contribution in [3.8, 4) is 0 Å². The summed E-state index contributed by atoms with van der Waals surface area (Å²) in [6.45, 7) is 1.24. The molecule has 1 saturated heterocycles. The van der Waals surface area contributed by atoms with Crippen molar-refractivity contribution >= 4 is 35.4 Å². The molecular weight excluding hydrogens is 547 g/mol. The zero-order valence-corrected chi connectivity index (χ0v) is 21.3. The number of benzene rings is 3. The Bertz CT molecular complexity index is 1280. The van der Waals surface area contributed by atoms with Crippen molar-refractivity contribution in [3.05, 3.63) is 105 Å². The Labute approximate surface area is 226 Å². The molecule has 38 heavy (non-hydrogen) atoms. The summed E-state index contributed by atoms with van der Waals surface area (Å²) in [7, 11) is 0. The highest BCUT2D eigenvalue weighted by Crippen LogP contribution is 2.49. The number of ether oxygens (including phenoxy) is 1. The lowest BCUT2D eigenvalue weighted by Gasteiger charge is -2.35. The topological polar surface area (TPSA) is 59.9 Å². The van der Waals surface area contributed by atoms with Gasteiger partial charge in [0.1, 0.15) is 6.61 Å². The van der Waals surface area contributed by atoms with Gasteiger partial charge < -0.3 is 14.9 Å². The molecule has 2 aliphatic rings. The van der Waals surface area contributed by atoms with E-state index in [1.54, 1.807) is 24.3 Å². The molecule has 0 saturated carbocycles. The average Bonchev–Trinajstić information content (AvgIpc) is 3.34. The van der Waals surface area contributed by atoms with E-state index in [-0.39, 0.29) is 34.4 Å². The fourth-order valence-corrected chi connectivity index (χ4v) is 4.59. The predicted molar refractivity (Wildman–Crippen MR) is 136 cm³/mol. The maximum Gasteiger partial charge on any atom is 0.435 e.